The van der Waals surface area contributed by atoms with Gasteiger partial charge in [-0.05, 0) is 62.8 Å². The third-order valence-corrected chi connectivity index (χ3v) is 7.25. The Morgan fingerprint density at radius 2 is 1.82 bits per heavy atom. The molecule has 5 atom stereocenters. The summed E-state index contributed by atoms with van der Waals surface area (Å²) in [5.74, 6) is -0.204. The van der Waals surface area contributed by atoms with Crippen LogP contribution < -0.4 is 5.32 Å². The zero-order chi connectivity index (χ0) is 19.8. The molecule has 1 saturated carbocycles. The number of amides is 1. The first-order valence-electron chi connectivity index (χ1n) is 10.2. The number of aryl methyl sites for hydroxylation is 2. The maximum atomic E-state index is 13.2. The molecule has 1 aromatic rings. The van der Waals surface area contributed by atoms with Crippen LogP contribution in [0.25, 0.3) is 0 Å². The van der Waals surface area contributed by atoms with E-state index in [-0.39, 0.29) is 17.1 Å². The summed E-state index contributed by atoms with van der Waals surface area (Å²) >= 11 is 1.53. The summed E-state index contributed by atoms with van der Waals surface area (Å²) in [6.45, 7) is 5.69. The Labute approximate surface area is 170 Å². The molecule has 0 radical (unpaired) electrons. The Morgan fingerprint density at radius 3 is 2.50 bits per heavy atom. The molecule has 152 valence electrons. The normalized spacial score (nSPS) is 32.6. The van der Waals surface area contributed by atoms with Crippen LogP contribution >= 0.6 is 11.8 Å². The van der Waals surface area contributed by atoms with E-state index in [0.29, 0.717) is 11.6 Å². The van der Waals surface area contributed by atoms with Crippen LogP contribution in [0.3, 0.4) is 0 Å². The summed E-state index contributed by atoms with van der Waals surface area (Å²) < 4.78 is 0. The lowest BCUT2D eigenvalue weighted by Gasteiger charge is -2.40. The Balaban J connectivity index is 1.52. The number of nitrogens with zero attached hydrogens (tertiary/aromatic N) is 2. The molecular weight excluding hydrogens is 374 g/mol. The second-order valence-electron chi connectivity index (χ2n) is 8.29. The van der Waals surface area contributed by atoms with Crippen molar-refractivity contribution in [3.63, 3.8) is 0 Å². The third kappa shape index (κ3) is 3.93. The zero-order valence-electron chi connectivity index (χ0n) is 16.5. The van der Waals surface area contributed by atoms with Crippen molar-refractivity contribution in [1.82, 2.24) is 4.90 Å². The molecule has 2 fully saturated rings. The van der Waals surface area contributed by atoms with E-state index in [9.17, 15) is 15.0 Å². The minimum absolute atomic E-state index is 0.107. The van der Waals surface area contributed by atoms with Crippen LogP contribution in [0, 0.1) is 19.8 Å². The van der Waals surface area contributed by atoms with E-state index >= 15 is 0 Å². The highest BCUT2D eigenvalue weighted by atomic mass is 32.2. The highest BCUT2D eigenvalue weighted by Crippen LogP contribution is 2.42. The minimum atomic E-state index is -0.929. The van der Waals surface area contributed by atoms with Gasteiger partial charge in [0.1, 0.15) is 6.10 Å². The number of carbonyl (C=O) groups excluding carboxylic acids is 1. The van der Waals surface area contributed by atoms with Crippen LogP contribution in [0.1, 0.15) is 36.8 Å². The molecule has 1 aliphatic carbocycles. The number of hydrogen-bond acceptors (Lipinski definition) is 6. The Kier molecular flexibility index (Phi) is 5.67. The minimum Gasteiger partial charge on any atom is -0.390 e. The van der Waals surface area contributed by atoms with Gasteiger partial charge < -0.3 is 20.4 Å². The van der Waals surface area contributed by atoms with Gasteiger partial charge >= 0.3 is 0 Å². The highest BCUT2D eigenvalue weighted by Gasteiger charge is 2.51. The second-order valence-corrected chi connectivity index (χ2v) is 9.46. The van der Waals surface area contributed by atoms with Gasteiger partial charge in [-0.1, -0.05) is 17.8 Å². The highest BCUT2D eigenvalue weighted by molar-refractivity contribution is 8.15. The van der Waals surface area contributed by atoms with Crippen LogP contribution in [0.4, 0.5) is 5.69 Å². The first kappa shape index (κ1) is 19.7. The van der Waals surface area contributed by atoms with Gasteiger partial charge in [0.15, 0.2) is 5.17 Å². The number of thioether (sulfide) groups is 1. The van der Waals surface area contributed by atoms with Crippen molar-refractivity contribution in [2.24, 2.45) is 10.9 Å². The monoisotopic (exact) mass is 403 g/mol. The number of benzene rings is 1. The standard InChI is InChI=1S/C21H29N3O3S/c1-12-8-13(2)10-14(9-12)22-21-23-17-18(26)16(25)11-15(19(17)28-21)20(27)24-6-4-3-5-7-24/h8-10,15-19,25-26H,3-7,11H2,1-2H3,(H,22,23). The molecule has 4 rings (SSSR count). The van der Waals surface area contributed by atoms with Crippen molar-refractivity contribution in [3.8, 4) is 0 Å². The van der Waals surface area contributed by atoms with E-state index in [4.69, 9.17) is 0 Å². The Bertz CT molecular complexity index is 758. The van der Waals surface area contributed by atoms with Crippen molar-refractivity contribution in [1.29, 1.82) is 0 Å². The Morgan fingerprint density at radius 1 is 1.14 bits per heavy atom. The molecular formula is C21H29N3O3S. The maximum absolute atomic E-state index is 13.2. The first-order chi connectivity index (χ1) is 13.4. The molecule has 6 nitrogen and oxygen atoms in total. The molecule has 2 aliphatic heterocycles. The largest absolute Gasteiger partial charge is 0.390 e. The number of likely N-dealkylation sites (tertiary alicyclic amines) is 1. The lowest BCUT2D eigenvalue weighted by molar-refractivity contribution is -0.141. The second kappa shape index (κ2) is 8.05. The molecule has 1 aromatic carbocycles. The van der Waals surface area contributed by atoms with Gasteiger partial charge in [0.05, 0.1) is 18.1 Å². The maximum Gasteiger partial charge on any atom is 0.226 e. The number of aliphatic hydroxyl groups is 2. The predicted octanol–water partition coefficient (Wildman–Crippen LogP) is 2.31. The smallest absolute Gasteiger partial charge is 0.226 e. The predicted molar refractivity (Wildman–Crippen MR) is 113 cm³/mol. The molecule has 5 unspecified atom stereocenters. The van der Waals surface area contributed by atoms with Crippen LogP contribution in [0.5, 0.6) is 0 Å². The molecule has 28 heavy (non-hydrogen) atoms. The van der Waals surface area contributed by atoms with Gasteiger partial charge in [-0.2, -0.15) is 0 Å². The summed E-state index contributed by atoms with van der Waals surface area (Å²) in [5, 5.41) is 24.8. The number of carbonyl (C=O) groups is 1. The van der Waals surface area contributed by atoms with Crippen molar-refractivity contribution in [3.05, 3.63) is 29.3 Å². The van der Waals surface area contributed by atoms with Crippen molar-refractivity contribution in [2.75, 3.05) is 18.4 Å². The number of anilines is 1. The molecule has 0 aromatic heterocycles. The summed E-state index contributed by atoms with van der Waals surface area (Å²) in [4.78, 5) is 19.7. The molecule has 3 N–H and O–H groups in total. The topological polar surface area (TPSA) is 85.2 Å². The number of hydrogen-bond donors (Lipinski definition) is 3. The number of fused-ring (bicyclic) bond motifs is 1. The third-order valence-electron chi connectivity index (χ3n) is 5.94. The fourth-order valence-electron chi connectivity index (χ4n) is 4.61. The summed E-state index contributed by atoms with van der Waals surface area (Å²) in [6.07, 6.45) is 1.72. The van der Waals surface area contributed by atoms with Gasteiger partial charge in [-0.25, -0.2) is 0 Å². The average molecular weight is 404 g/mol. The summed E-state index contributed by atoms with van der Waals surface area (Å²) in [5.41, 5.74) is 3.28. The fourth-order valence-corrected chi connectivity index (χ4v) is 5.98. The number of nitrogens with one attached hydrogen (secondary N) is 1. The SMILES string of the molecule is Cc1cc(C)cc(NC2=NC3C(O)C(O)CC(C(=O)N4CCCCC4)C3S2)c1. The van der Waals surface area contributed by atoms with Crippen LogP contribution in [-0.2, 0) is 4.79 Å². The molecule has 0 spiro atoms. The molecule has 0 bridgehead atoms. The van der Waals surface area contributed by atoms with Crippen molar-refractivity contribution in [2.45, 2.75) is 63.0 Å². The number of piperidine rings is 1. The van der Waals surface area contributed by atoms with E-state index in [0.717, 1.165) is 42.7 Å². The van der Waals surface area contributed by atoms with Crippen molar-refractivity contribution < 1.29 is 15.0 Å². The lowest BCUT2D eigenvalue weighted by atomic mass is 9.80. The summed E-state index contributed by atoms with van der Waals surface area (Å²) in [6, 6.07) is 5.77. The number of aliphatic imine (C=N–C) groups is 1. The van der Waals surface area contributed by atoms with Gasteiger partial charge in [-0.3, -0.25) is 9.79 Å². The van der Waals surface area contributed by atoms with Gasteiger partial charge in [0.25, 0.3) is 0 Å². The molecule has 7 heteroatoms. The quantitative estimate of drug-likeness (QED) is 0.706. The number of aliphatic hydroxyl groups excluding tert-OH is 2. The Hall–Kier alpha value is -1.57. The van der Waals surface area contributed by atoms with Crippen LogP contribution in [-0.4, -0.2) is 62.8 Å². The molecule has 1 saturated heterocycles. The molecule has 3 aliphatic rings. The molecule has 2 heterocycles. The first-order valence-corrected chi connectivity index (χ1v) is 11.0. The lowest BCUT2D eigenvalue weighted by Crippen LogP contribution is -2.55. The fraction of sp³-hybridized carbons (Fsp3) is 0.619. The van der Waals surface area contributed by atoms with Gasteiger partial charge in [0.2, 0.25) is 5.91 Å². The van der Waals surface area contributed by atoms with Gasteiger partial charge in [-0.15, -0.1) is 0 Å². The zero-order valence-corrected chi connectivity index (χ0v) is 17.3. The van der Waals surface area contributed by atoms with E-state index in [1.54, 1.807) is 0 Å². The van der Waals surface area contributed by atoms with Gasteiger partial charge in [0, 0.05) is 24.0 Å². The average Bonchev–Trinajstić information content (AvgIpc) is 3.08. The summed E-state index contributed by atoms with van der Waals surface area (Å²) in [7, 11) is 0. The van der Waals surface area contributed by atoms with E-state index in [2.05, 4.69) is 42.4 Å². The van der Waals surface area contributed by atoms with Crippen LogP contribution in [0.2, 0.25) is 0 Å². The van der Waals surface area contributed by atoms with E-state index in [1.807, 2.05) is 4.90 Å². The van der Waals surface area contributed by atoms with Crippen molar-refractivity contribution >= 4 is 28.5 Å². The number of rotatable bonds is 2. The molecule has 1 amide bonds. The number of amidine groups is 1. The van der Waals surface area contributed by atoms with Crippen LogP contribution in [0.15, 0.2) is 23.2 Å². The van der Waals surface area contributed by atoms with E-state index in [1.165, 1.54) is 18.2 Å². The van der Waals surface area contributed by atoms with E-state index < -0.39 is 18.2 Å².